The predicted molar refractivity (Wildman–Crippen MR) is 92.1 cm³/mol. The molecule has 0 saturated heterocycles. The van der Waals surface area contributed by atoms with Crippen LogP contribution < -0.4 is 10.3 Å². The molecule has 1 aromatic heterocycles. The van der Waals surface area contributed by atoms with Gasteiger partial charge in [-0.15, -0.1) is 0 Å². The van der Waals surface area contributed by atoms with Gasteiger partial charge >= 0.3 is 6.18 Å². The van der Waals surface area contributed by atoms with Crippen molar-refractivity contribution >= 4 is 11.9 Å². The van der Waals surface area contributed by atoms with Crippen LogP contribution in [0.15, 0.2) is 58.3 Å². The molecule has 0 fully saturated rings. The second-order valence-electron chi connectivity index (χ2n) is 5.40. The first kappa shape index (κ1) is 17.5. The molecule has 0 radical (unpaired) electrons. The van der Waals surface area contributed by atoms with Crippen molar-refractivity contribution in [1.29, 1.82) is 0 Å². The second-order valence-corrected chi connectivity index (χ2v) is 5.40. The zero-order valence-electron chi connectivity index (χ0n) is 13.6. The highest BCUT2D eigenvalue weighted by atomic mass is 19.4. The Morgan fingerprint density at radius 1 is 1.08 bits per heavy atom. The number of nitrogens with zero attached hydrogens (tertiary/aromatic N) is 1. The molecule has 0 aliphatic heterocycles. The molecule has 3 aromatic rings. The Morgan fingerprint density at radius 3 is 2.46 bits per heavy atom. The van der Waals surface area contributed by atoms with Gasteiger partial charge in [0.25, 0.3) is 5.56 Å². The van der Waals surface area contributed by atoms with Gasteiger partial charge in [-0.3, -0.25) is 20.0 Å². The van der Waals surface area contributed by atoms with Crippen molar-refractivity contribution in [3.05, 3.63) is 70.0 Å². The third kappa shape index (κ3) is 3.69. The number of nitrogens with one attached hydrogen (secondary N) is 2. The van der Waals surface area contributed by atoms with E-state index in [2.05, 4.69) is 15.2 Å². The van der Waals surface area contributed by atoms with Gasteiger partial charge in [-0.25, -0.2) is 0 Å². The first-order valence-electron chi connectivity index (χ1n) is 7.55. The van der Waals surface area contributed by atoms with Gasteiger partial charge < -0.3 is 4.74 Å². The summed E-state index contributed by atoms with van der Waals surface area (Å²) in [4.78, 5) is 16.0. The number of alkyl halides is 3. The minimum atomic E-state index is -4.45. The maximum atomic E-state index is 12.8. The van der Waals surface area contributed by atoms with Gasteiger partial charge in [0.15, 0.2) is 0 Å². The summed E-state index contributed by atoms with van der Waals surface area (Å²) in [6.07, 6.45) is -3.21. The number of halogens is 3. The van der Waals surface area contributed by atoms with Crippen LogP contribution in [0.1, 0.15) is 11.1 Å². The lowest BCUT2D eigenvalue weighted by atomic mass is 10.1. The summed E-state index contributed by atoms with van der Waals surface area (Å²) in [6.45, 7) is 0. The Morgan fingerprint density at radius 2 is 1.81 bits per heavy atom. The molecule has 134 valence electrons. The summed E-state index contributed by atoms with van der Waals surface area (Å²) in [7, 11) is 1.54. The molecule has 2 aromatic carbocycles. The Hall–Kier alpha value is -3.29. The van der Waals surface area contributed by atoms with Crippen LogP contribution in [0.3, 0.4) is 0 Å². The molecule has 5 nitrogen and oxygen atoms in total. The summed E-state index contributed by atoms with van der Waals surface area (Å²) >= 11 is 0. The first-order chi connectivity index (χ1) is 12.4. The zero-order valence-corrected chi connectivity index (χ0v) is 13.6. The van der Waals surface area contributed by atoms with Crippen molar-refractivity contribution in [2.24, 2.45) is 4.99 Å². The topological polar surface area (TPSA) is 70.2 Å². The smallest absolute Gasteiger partial charge is 0.416 e. The summed E-state index contributed by atoms with van der Waals surface area (Å²) in [5.74, 6) is 0.658. The SMILES string of the molecule is COc1ccc(-c2[nH][nH]c(=O)c2C=Nc2cccc(C(F)(F)F)c2)cc1. The normalized spacial score (nSPS) is 11.8. The van der Waals surface area contributed by atoms with E-state index in [0.29, 0.717) is 17.0 Å². The Balaban J connectivity index is 1.94. The van der Waals surface area contributed by atoms with Gasteiger partial charge in [0.2, 0.25) is 0 Å². The lowest BCUT2D eigenvalue weighted by Crippen LogP contribution is -2.05. The fourth-order valence-electron chi connectivity index (χ4n) is 2.38. The zero-order chi connectivity index (χ0) is 18.7. The lowest BCUT2D eigenvalue weighted by Gasteiger charge is -2.06. The molecule has 0 saturated carbocycles. The van der Waals surface area contributed by atoms with E-state index in [1.807, 2.05) is 0 Å². The Kier molecular flexibility index (Phi) is 4.66. The number of methoxy groups -OCH3 is 1. The fraction of sp³-hybridized carbons (Fsp3) is 0.111. The Bertz CT molecular complexity index is 986. The number of aromatic nitrogens is 2. The van der Waals surface area contributed by atoms with Crippen molar-refractivity contribution in [3.8, 4) is 17.0 Å². The number of ether oxygens (including phenoxy) is 1. The van der Waals surface area contributed by atoms with Crippen LogP contribution in [0.5, 0.6) is 5.75 Å². The predicted octanol–water partition coefficient (Wildman–Crippen LogP) is 4.15. The van der Waals surface area contributed by atoms with E-state index in [1.54, 1.807) is 31.4 Å². The number of hydrogen-bond donors (Lipinski definition) is 2. The number of aliphatic imine (C=N–C) groups is 1. The summed E-state index contributed by atoms with van der Waals surface area (Å²) in [5, 5.41) is 5.20. The van der Waals surface area contributed by atoms with Gasteiger partial charge in [0.05, 0.1) is 29.6 Å². The standard InChI is InChI=1S/C18H14F3N3O2/c1-26-14-7-5-11(6-8-14)16-15(17(25)24-23-16)10-22-13-4-2-3-12(9-13)18(19,20)21/h2-10H,1H3,(H2,23,24,25). The number of hydrogen-bond acceptors (Lipinski definition) is 3. The molecule has 0 atom stereocenters. The highest BCUT2D eigenvalue weighted by Crippen LogP contribution is 2.31. The molecule has 1 heterocycles. The van der Waals surface area contributed by atoms with Crippen molar-refractivity contribution in [1.82, 2.24) is 10.2 Å². The van der Waals surface area contributed by atoms with E-state index in [1.165, 1.54) is 18.3 Å². The maximum Gasteiger partial charge on any atom is 0.416 e. The molecule has 0 unspecified atom stereocenters. The molecule has 0 aliphatic carbocycles. The number of H-pyrrole nitrogens is 2. The third-order valence-electron chi connectivity index (χ3n) is 3.71. The molecule has 3 rings (SSSR count). The largest absolute Gasteiger partial charge is 0.497 e. The van der Waals surface area contributed by atoms with Gasteiger partial charge in [0, 0.05) is 11.8 Å². The van der Waals surface area contributed by atoms with E-state index >= 15 is 0 Å². The van der Waals surface area contributed by atoms with E-state index in [4.69, 9.17) is 4.74 Å². The molecule has 2 N–H and O–H groups in total. The number of rotatable bonds is 4. The molecule has 0 amide bonds. The first-order valence-corrected chi connectivity index (χ1v) is 7.55. The Labute approximate surface area is 146 Å². The van der Waals surface area contributed by atoms with Gasteiger partial charge in [-0.05, 0) is 42.5 Å². The molecular weight excluding hydrogens is 347 g/mol. The minimum absolute atomic E-state index is 0.0982. The number of benzene rings is 2. The highest BCUT2D eigenvalue weighted by Gasteiger charge is 2.30. The van der Waals surface area contributed by atoms with E-state index in [0.717, 1.165) is 12.1 Å². The van der Waals surface area contributed by atoms with Crippen LogP contribution in [0, 0.1) is 0 Å². The van der Waals surface area contributed by atoms with Crippen LogP contribution in [-0.2, 0) is 6.18 Å². The number of aromatic amines is 2. The van der Waals surface area contributed by atoms with E-state index in [-0.39, 0.29) is 11.3 Å². The summed E-state index contributed by atoms with van der Waals surface area (Å²) in [5.41, 5.74) is 0.272. The highest BCUT2D eigenvalue weighted by molar-refractivity contribution is 5.89. The average molecular weight is 361 g/mol. The van der Waals surface area contributed by atoms with Crippen LogP contribution >= 0.6 is 0 Å². The van der Waals surface area contributed by atoms with Crippen LogP contribution in [0.25, 0.3) is 11.3 Å². The van der Waals surface area contributed by atoms with Crippen molar-refractivity contribution < 1.29 is 17.9 Å². The van der Waals surface area contributed by atoms with Crippen molar-refractivity contribution in [2.75, 3.05) is 7.11 Å². The minimum Gasteiger partial charge on any atom is -0.497 e. The lowest BCUT2D eigenvalue weighted by molar-refractivity contribution is -0.137. The van der Waals surface area contributed by atoms with E-state index < -0.39 is 17.3 Å². The van der Waals surface area contributed by atoms with Crippen LogP contribution in [0.2, 0.25) is 0 Å². The fourth-order valence-corrected chi connectivity index (χ4v) is 2.38. The summed E-state index contributed by atoms with van der Waals surface area (Å²) < 4.78 is 43.4. The molecule has 0 bridgehead atoms. The molecule has 8 heteroatoms. The van der Waals surface area contributed by atoms with Gasteiger partial charge in [-0.1, -0.05) is 6.07 Å². The van der Waals surface area contributed by atoms with Gasteiger partial charge in [0.1, 0.15) is 5.75 Å². The average Bonchev–Trinajstić information content (AvgIpc) is 3.00. The quantitative estimate of drug-likeness (QED) is 0.686. The molecule has 0 aliphatic rings. The van der Waals surface area contributed by atoms with Crippen molar-refractivity contribution in [2.45, 2.75) is 6.18 Å². The van der Waals surface area contributed by atoms with Crippen molar-refractivity contribution in [3.63, 3.8) is 0 Å². The second kappa shape index (κ2) is 6.91. The molecule has 0 spiro atoms. The van der Waals surface area contributed by atoms with Crippen LogP contribution in [-0.4, -0.2) is 23.5 Å². The third-order valence-corrected chi connectivity index (χ3v) is 3.71. The maximum absolute atomic E-state index is 12.8. The molecule has 26 heavy (non-hydrogen) atoms. The van der Waals surface area contributed by atoms with Crippen LogP contribution in [0.4, 0.5) is 18.9 Å². The van der Waals surface area contributed by atoms with E-state index in [9.17, 15) is 18.0 Å². The monoisotopic (exact) mass is 361 g/mol. The summed E-state index contributed by atoms with van der Waals surface area (Å²) in [6, 6.07) is 11.5. The van der Waals surface area contributed by atoms with Gasteiger partial charge in [-0.2, -0.15) is 13.2 Å². The molecular formula is C18H14F3N3O2.